The maximum absolute atomic E-state index is 4.39. The van der Waals surface area contributed by atoms with E-state index in [9.17, 15) is 0 Å². The summed E-state index contributed by atoms with van der Waals surface area (Å²) in [6.45, 7) is 2.14. The number of rotatable bonds is 1. The Kier molecular flexibility index (Phi) is 2.39. The summed E-state index contributed by atoms with van der Waals surface area (Å²) in [5.41, 5.74) is 3.74. The van der Waals surface area contributed by atoms with E-state index in [0.717, 1.165) is 0 Å². The zero-order valence-electron chi connectivity index (χ0n) is 9.69. The molecule has 84 valence electrons. The maximum atomic E-state index is 4.39. The first-order valence-corrected chi connectivity index (χ1v) is 6.17. The van der Waals surface area contributed by atoms with E-state index in [1.807, 2.05) is 16.8 Å². The van der Waals surface area contributed by atoms with Crippen LogP contribution in [0.4, 0.5) is 0 Å². The third-order valence-electron chi connectivity index (χ3n) is 3.66. The summed E-state index contributed by atoms with van der Waals surface area (Å²) >= 11 is 0. The molecule has 3 nitrogen and oxygen atoms in total. The zero-order chi connectivity index (χ0) is 11.0. The topological polar surface area (TPSA) is 30.2 Å². The molecule has 1 aliphatic carbocycles. The van der Waals surface area contributed by atoms with Gasteiger partial charge in [-0.25, -0.2) is 4.52 Å². The smallest absolute Gasteiger partial charge is 0.0938 e. The first-order chi connectivity index (χ1) is 7.86. The van der Waals surface area contributed by atoms with Crippen molar-refractivity contribution in [2.24, 2.45) is 0 Å². The number of fused-ring (bicyclic) bond motifs is 1. The molecule has 0 spiro atoms. The number of pyridine rings is 1. The Labute approximate surface area is 95.5 Å². The molecular formula is C13H17N3. The molecule has 0 atom stereocenters. The molecule has 16 heavy (non-hydrogen) atoms. The Balaban J connectivity index is 2.09. The minimum absolute atomic E-state index is 0.632. The van der Waals surface area contributed by atoms with Gasteiger partial charge in [-0.2, -0.15) is 0 Å². The van der Waals surface area contributed by atoms with Gasteiger partial charge in [0.25, 0.3) is 0 Å². The van der Waals surface area contributed by atoms with Gasteiger partial charge in [-0.1, -0.05) is 30.5 Å². The van der Waals surface area contributed by atoms with E-state index in [-0.39, 0.29) is 0 Å². The predicted molar refractivity (Wildman–Crippen MR) is 63.6 cm³/mol. The second-order valence-corrected chi connectivity index (χ2v) is 4.79. The van der Waals surface area contributed by atoms with Gasteiger partial charge in [0.1, 0.15) is 0 Å². The highest BCUT2D eigenvalue weighted by Crippen LogP contribution is 2.34. The van der Waals surface area contributed by atoms with Crippen LogP contribution in [0, 0.1) is 6.92 Å². The molecular weight excluding hydrogens is 198 g/mol. The molecule has 1 fully saturated rings. The van der Waals surface area contributed by atoms with E-state index in [1.54, 1.807) is 0 Å². The molecule has 0 aliphatic heterocycles. The Morgan fingerprint density at radius 1 is 1.25 bits per heavy atom. The number of hydrogen-bond donors (Lipinski definition) is 0. The fourth-order valence-electron chi connectivity index (χ4n) is 2.79. The van der Waals surface area contributed by atoms with Crippen LogP contribution in [-0.2, 0) is 0 Å². The second-order valence-electron chi connectivity index (χ2n) is 4.79. The lowest BCUT2D eigenvalue weighted by atomic mass is 9.86. The van der Waals surface area contributed by atoms with Crippen LogP contribution in [0.1, 0.15) is 49.3 Å². The summed E-state index contributed by atoms with van der Waals surface area (Å²) in [6, 6.07) is 4.17. The van der Waals surface area contributed by atoms with Gasteiger partial charge in [0.15, 0.2) is 0 Å². The summed E-state index contributed by atoms with van der Waals surface area (Å²) in [5.74, 6) is 0.632. The molecule has 0 unspecified atom stereocenters. The van der Waals surface area contributed by atoms with Gasteiger partial charge in [0.05, 0.1) is 11.2 Å². The minimum Gasteiger partial charge on any atom is -0.220 e. The molecule has 2 heterocycles. The third kappa shape index (κ3) is 1.51. The normalized spacial score (nSPS) is 18.1. The molecule has 0 bridgehead atoms. The third-order valence-corrected chi connectivity index (χ3v) is 3.66. The van der Waals surface area contributed by atoms with Crippen LogP contribution >= 0.6 is 0 Å². The molecule has 0 amide bonds. The molecule has 2 aromatic rings. The summed E-state index contributed by atoms with van der Waals surface area (Å²) in [7, 11) is 0. The van der Waals surface area contributed by atoms with E-state index in [0.29, 0.717) is 5.92 Å². The lowest BCUT2D eigenvalue weighted by Gasteiger charge is -2.19. The fraction of sp³-hybridized carbons (Fsp3) is 0.538. The number of nitrogens with zero attached hydrogens (tertiary/aromatic N) is 3. The van der Waals surface area contributed by atoms with E-state index in [1.165, 1.54) is 48.9 Å². The maximum Gasteiger partial charge on any atom is 0.0938 e. The molecule has 3 rings (SSSR count). The SMILES string of the molecule is Cc1cccn2nnc(C3CCCCC3)c12. The zero-order valence-corrected chi connectivity index (χ0v) is 9.69. The van der Waals surface area contributed by atoms with Gasteiger partial charge in [-0.3, -0.25) is 0 Å². The molecule has 1 aliphatic rings. The van der Waals surface area contributed by atoms with Crippen molar-refractivity contribution in [1.82, 2.24) is 14.8 Å². The van der Waals surface area contributed by atoms with Gasteiger partial charge in [-0.15, -0.1) is 5.10 Å². The Morgan fingerprint density at radius 2 is 2.06 bits per heavy atom. The van der Waals surface area contributed by atoms with Crippen LogP contribution in [0.15, 0.2) is 18.3 Å². The van der Waals surface area contributed by atoms with Crippen molar-refractivity contribution in [2.75, 3.05) is 0 Å². The van der Waals surface area contributed by atoms with E-state index in [4.69, 9.17) is 0 Å². The summed E-state index contributed by atoms with van der Waals surface area (Å²) in [5, 5.41) is 8.61. The van der Waals surface area contributed by atoms with Gasteiger partial charge < -0.3 is 0 Å². The van der Waals surface area contributed by atoms with Crippen molar-refractivity contribution in [3.05, 3.63) is 29.6 Å². The largest absolute Gasteiger partial charge is 0.220 e. The molecule has 0 aromatic carbocycles. The van der Waals surface area contributed by atoms with Crippen LogP contribution in [-0.4, -0.2) is 14.8 Å². The Morgan fingerprint density at radius 3 is 2.88 bits per heavy atom. The van der Waals surface area contributed by atoms with Crippen LogP contribution in [0.2, 0.25) is 0 Å². The fourth-order valence-corrected chi connectivity index (χ4v) is 2.79. The van der Waals surface area contributed by atoms with E-state index < -0.39 is 0 Å². The summed E-state index contributed by atoms with van der Waals surface area (Å²) in [6.07, 6.45) is 8.62. The first kappa shape index (κ1) is 9.82. The van der Waals surface area contributed by atoms with Gasteiger partial charge in [0, 0.05) is 12.1 Å². The average Bonchev–Trinajstić information content (AvgIpc) is 2.75. The van der Waals surface area contributed by atoms with Crippen molar-refractivity contribution in [3.63, 3.8) is 0 Å². The highest BCUT2D eigenvalue weighted by molar-refractivity contribution is 5.58. The van der Waals surface area contributed by atoms with Gasteiger partial charge >= 0.3 is 0 Å². The summed E-state index contributed by atoms with van der Waals surface area (Å²) in [4.78, 5) is 0. The molecule has 1 saturated carbocycles. The molecule has 0 radical (unpaired) electrons. The molecule has 2 aromatic heterocycles. The molecule has 0 saturated heterocycles. The number of hydrogen-bond acceptors (Lipinski definition) is 2. The Hall–Kier alpha value is -1.38. The Bertz CT molecular complexity index is 495. The number of aromatic nitrogens is 3. The van der Waals surface area contributed by atoms with E-state index >= 15 is 0 Å². The minimum atomic E-state index is 0.632. The first-order valence-electron chi connectivity index (χ1n) is 6.17. The van der Waals surface area contributed by atoms with Crippen LogP contribution < -0.4 is 0 Å². The number of aryl methyl sites for hydroxylation is 1. The average molecular weight is 215 g/mol. The predicted octanol–water partition coefficient (Wildman–Crippen LogP) is 3.09. The van der Waals surface area contributed by atoms with Crippen LogP contribution in [0.5, 0.6) is 0 Å². The van der Waals surface area contributed by atoms with Crippen molar-refractivity contribution < 1.29 is 0 Å². The second kappa shape index (κ2) is 3.89. The standard InChI is InChI=1S/C13H17N3/c1-10-6-5-9-16-13(10)12(14-15-16)11-7-3-2-4-8-11/h5-6,9,11H,2-4,7-8H2,1H3. The quantitative estimate of drug-likeness (QED) is 0.731. The van der Waals surface area contributed by atoms with Crippen LogP contribution in [0.25, 0.3) is 5.52 Å². The molecule has 3 heteroatoms. The lowest BCUT2D eigenvalue weighted by Crippen LogP contribution is -2.05. The van der Waals surface area contributed by atoms with E-state index in [2.05, 4.69) is 23.3 Å². The monoisotopic (exact) mass is 215 g/mol. The lowest BCUT2D eigenvalue weighted by molar-refractivity contribution is 0.438. The van der Waals surface area contributed by atoms with Gasteiger partial charge in [0.2, 0.25) is 0 Å². The van der Waals surface area contributed by atoms with Crippen molar-refractivity contribution in [3.8, 4) is 0 Å². The van der Waals surface area contributed by atoms with Gasteiger partial charge in [-0.05, 0) is 31.4 Å². The highest BCUT2D eigenvalue weighted by atomic mass is 15.4. The van der Waals surface area contributed by atoms with Crippen molar-refractivity contribution >= 4 is 5.52 Å². The van der Waals surface area contributed by atoms with Crippen LogP contribution in [0.3, 0.4) is 0 Å². The molecule has 0 N–H and O–H groups in total. The van der Waals surface area contributed by atoms with Crippen molar-refractivity contribution in [1.29, 1.82) is 0 Å². The highest BCUT2D eigenvalue weighted by Gasteiger charge is 2.21. The summed E-state index contributed by atoms with van der Waals surface area (Å²) < 4.78 is 1.92. The van der Waals surface area contributed by atoms with Crippen molar-refractivity contribution in [2.45, 2.75) is 44.9 Å².